The molecular weight excluding hydrogens is 617 g/mol. The van der Waals surface area contributed by atoms with Gasteiger partial charge < -0.3 is 26.0 Å². The van der Waals surface area contributed by atoms with Crippen LogP contribution in [0.1, 0.15) is 55.8 Å². The van der Waals surface area contributed by atoms with Crippen molar-refractivity contribution in [3.8, 4) is 0 Å². The van der Waals surface area contributed by atoms with E-state index in [1.807, 2.05) is 4.90 Å². The molecule has 1 atom stereocenters. The van der Waals surface area contributed by atoms with E-state index in [0.29, 0.717) is 28.9 Å². The Hall–Kier alpha value is -3.30. The fraction of sp³-hybridized carbons (Fsp3) is 0.517. The number of aromatic nitrogens is 1. The molecule has 238 valence electrons. The summed E-state index contributed by atoms with van der Waals surface area (Å²) in [5.74, 6) is -4.24. The molecule has 0 bridgehead atoms. The lowest BCUT2D eigenvalue weighted by Crippen LogP contribution is -2.40. The Labute approximate surface area is 257 Å². The molecule has 3 heterocycles. The van der Waals surface area contributed by atoms with Gasteiger partial charge in [-0.2, -0.15) is 0 Å². The van der Waals surface area contributed by atoms with Gasteiger partial charge in [0, 0.05) is 39.0 Å². The van der Waals surface area contributed by atoms with E-state index < -0.39 is 52.4 Å². The second-order valence-corrected chi connectivity index (χ2v) is 15.3. The van der Waals surface area contributed by atoms with Crippen LogP contribution in [0.4, 0.5) is 41.1 Å². The fourth-order valence-electron chi connectivity index (χ4n) is 5.98. The molecule has 15 heteroatoms. The molecule has 1 amide bonds. The van der Waals surface area contributed by atoms with E-state index in [0.717, 1.165) is 24.2 Å². The molecule has 1 spiro atoms. The number of carbonyl (C=O) groups is 1. The van der Waals surface area contributed by atoms with Gasteiger partial charge in [0.25, 0.3) is 11.8 Å². The predicted molar refractivity (Wildman–Crippen MR) is 167 cm³/mol. The number of carbonyl (C=O) groups excluding carboxylic acids is 1. The maximum absolute atomic E-state index is 16.1. The Morgan fingerprint density at radius 2 is 1.75 bits per heavy atom. The number of fused-ring (bicyclic) bond motifs is 1. The molecule has 3 aliphatic rings. The number of benzene rings is 2. The van der Waals surface area contributed by atoms with Crippen molar-refractivity contribution in [1.29, 1.82) is 0 Å². The number of thiazole rings is 1. The summed E-state index contributed by atoms with van der Waals surface area (Å²) < 4.78 is 72.2. The average molecular weight is 653 g/mol. The predicted octanol–water partition coefficient (Wildman–Crippen LogP) is 5.01. The Balaban J connectivity index is 1.34. The quantitative estimate of drug-likeness (QED) is 0.266. The number of hydrogen-bond donors (Lipinski definition) is 4. The Morgan fingerprint density at radius 3 is 2.39 bits per heavy atom. The standard InChI is InChI=1S/C29H35F3N6O4S2/c1-17(16-39)44(41,42)36-18-2-3-19(21(14-18)37-10-6-28(4-5-28)7-11-37)26(40)34-20-15-22-24(35-27(33)43-22)25(23(20)30)38-12-8-29(31,32)9-13-38/h2-3,14-15,17,36,39H,4-13,16H2,1H3,(H2,33,35)(H,34,40)/t17-/m0/s1. The Morgan fingerprint density at radius 1 is 1.09 bits per heavy atom. The zero-order valence-corrected chi connectivity index (χ0v) is 25.8. The molecule has 1 saturated carbocycles. The first kappa shape index (κ1) is 30.7. The lowest BCUT2D eigenvalue weighted by atomic mass is 9.93. The number of aliphatic hydroxyl groups is 1. The summed E-state index contributed by atoms with van der Waals surface area (Å²) >= 11 is 1.10. The van der Waals surface area contributed by atoms with Crippen LogP contribution in [0.2, 0.25) is 0 Å². The lowest BCUT2D eigenvalue weighted by Gasteiger charge is -2.35. The minimum Gasteiger partial charge on any atom is -0.395 e. The Bertz CT molecular complexity index is 1690. The summed E-state index contributed by atoms with van der Waals surface area (Å²) in [5.41, 5.74) is 7.37. The van der Waals surface area contributed by atoms with Gasteiger partial charge in [-0.3, -0.25) is 9.52 Å². The van der Waals surface area contributed by atoms with Crippen LogP contribution in [0, 0.1) is 11.2 Å². The summed E-state index contributed by atoms with van der Waals surface area (Å²) in [4.78, 5) is 21.6. The summed E-state index contributed by atoms with van der Waals surface area (Å²) in [5, 5.41) is 11.2. The topological polar surface area (TPSA) is 141 Å². The summed E-state index contributed by atoms with van der Waals surface area (Å²) in [7, 11) is -3.88. The third kappa shape index (κ3) is 6.01. The van der Waals surface area contributed by atoms with Gasteiger partial charge in [0.2, 0.25) is 10.0 Å². The van der Waals surface area contributed by atoms with Gasteiger partial charge in [0.15, 0.2) is 10.9 Å². The molecule has 2 aromatic carbocycles. The highest BCUT2D eigenvalue weighted by Gasteiger charge is 2.45. The zero-order valence-electron chi connectivity index (χ0n) is 24.2. The maximum atomic E-state index is 16.1. The van der Waals surface area contributed by atoms with Crippen LogP contribution in [0.5, 0.6) is 0 Å². The normalized spacial score (nSPS) is 20.1. The maximum Gasteiger partial charge on any atom is 0.257 e. The first-order chi connectivity index (χ1) is 20.8. The van der Waals surface area contributed by atoms with Crippen LogP contribution >= 0.6 is 11.3 Å². The number of hydrogen-bond acceptors (Lipinski definition) is 9. The van der Waals surface area contributed by atoms with Crippen LogP contribution in [0.15, 0.2) is 24.3 Å². The Kier molecular flexibility index (Phi) is 7.85. The number of nitrogens with zero attached hydrogens (tertiary/aromatic N) is 3. The van der Waals surface area contributed by atoms with Gasteiger partial charge in [-0.25, -0.2) is 26.6 Å². The zero-order chi connectivity index (χ0) is 31.4. The molecule has 2 saturated heterocycles. The largest absolute Gasteiger partial charge is 0.395 e. The van der Waals surface area contributed by atoms with Crippen molar-refractivity contribution in [2.45, 2.75) is 56.6 Å². The molecule has 44 heavy (non-hydrogen) atoms. The van der Waals surface area contributed by atoms with Crippen molar-refractivity contribution in [3.05, 3.63) is 35.6 Å². The molecule has 6 rings (SSSR count). The number of rotatable bonds is 8. The van der Waals surface area contributed by atoms with Crippen molar-refractivity contribution in [3.63, 3.8) is 0 Å². The average Bonchev–Trinajstić information content (AvgIpc) is 3.63. The number of piperidine rings is 2. The van der Waals surface area contributed by atoms with Crippen molar-refractivity contribution in [1.82, 2.24) is 4.98 Å². The van der Waals surface area contributed by atoms with Crippen LogP contribution in [-0.2, 0) is 10.0 Å². The highest BCUT2D eigenvalue weighted by atomic mass is 32.2. The van der Waals surface area contributed by atoms with Crippen LogP contribution < -0.4 is 25.6 Å². The molecule has 1 aromatic heterocycles. The van der Waals surface area contributed by atoms with E-state index in [9.17, 15) is 27.1 Å². The van der Waals surface area contributed by atoms with Crippen molar-refractivity contribution >= 4 is 65.4 Å². The molecule has 5 N–H and O–H groups in total. The van der Waals surface area contributed by atoms with Crippen molar-refractivity contribution in [2.75, 3.05) is 58.4 Å². The van der Waals surface area contributed by atoms with Crippen molar-refractivity contribution in [2.24, 2.45) is 5.41 Å². The first-order valence-electron chi connectivity index (χ1n) is 14.6. The van der Waals surface area contributed by atoms with E-state index in [4.69, 9.17) is 5.73 Å². The van der Waals surface area contributed by atoms with Gasteiger partial charge in [-0.1, -0.05) is 11.3 Å². The van der Waals surface area contributed by atoms with E-state index in [1.54, 1.807) is 6.07 Å². The molecule has 10 nitrogen and oxygen atoms in total. The summed E-state index contributed by atoms with van der Waals surface area (Å²) in [6.07, 6.45) is 3.38. The number of nitrogens with two attached hydrogens (primary N) is 1. The number of amides is 1. The smallest absolute Gasteiger partial charge is 0.257 e. The molecular formula is C29H35F3N6O4S2. The van der Waals surface area contributed by atoms with E-state index >= 15 is 4.39 Å². The van der Waals surface area contributed by atoms with Gasteiger partial charge in [-0.05, 0) is 62.3 Å². The van der Waals surface area contributed by atoms with Crippen molar-refractivity contribution < 1.29 is 31.5 Å². The van der Waals surface area contributed by atoms with E-state index in [2.05, 4.69) is 15.0 Å². The highest BCUT2D eigenvalue weighted by Crippen LogP contribution is 2.54. The number of halogens is 3. The molecule has 0 unspecified atom stereocenters. The summed E-state index contributed by atoms with van der Waals surface area (Å²) in [6, 6.07) is 5.97. The monoisotopic (exact) mass is 652 g/mol. The van der Waals surface area contributed by atoms with Gasteiger partial charge in [-0.15, -0.1) is 0 Å². The lowest BCUT2D eigenvalue weighted by molar-refractivity contribution is -0.0221. The highest BCUT2D eigenvalue weighted by molar-refractivity contribution is 7.93. The van der Waals surface area contributed by atoms with Crippen LogP contribution in [0.3, 0.4) is 0 Å². The number of anilines is 5. The van der Waals surface area contributed by atoms with E-state index in [1.165, 1.54) is 42.9 Å². The minimum absolute atomic E-state index is 0.0231. The SMILES string of the molecule is C[C@@H](CO)S(=O)(=O)Nc1ccc(C(=O)Nc2cc3sc(N)nc3c(N3CCC(F)(F)CC3)c2F)c(N2CCC3(CC2)CC3)c1. The van der Waals surface area contributed by atoms with Crippen LogP contribution in [-0.4, -0.2) is 68.4 Å². The second-order valence-electron chi connectivity index (χ2n) is 12.1. The number of nitrogens with one attached hydrogen (secondary N) is 2. The third-order valence-electron chi connectivity index (χ3n) is 9.08. The van der Waals surface area contributed by atoms with Gasteiger partial charge in [0.05, 0.1) is 33.9 Å². The third-order valence-corrected chi connectivity index (χ3v) is 11.6. The minimum atomic E-state index is -3.88. The molecule has 0 radical (unpaired) electrons. The molecule has 1 aliphatic carbocycles. The van der Waals surface area contributed by atoms with E-state index in [-0.39, 0.29) is 46.4 Å². The molecule has 2 aliphatic heterocycles. The van der Waals surface area contributed by atoms with Gasteiger partial charge in [0.1, 0.15) is 16.5 Å². The number of sulfonamides is 1. The molecule has 3 aromatic rings. The fourth-order valence-corrected chi connectivity index (χ4v) is 7.61. The number of aliphatic hydroxyl groups excluding tert-OH is 1. The van der Waals surface area contributed by atoms with Gasteiger partial charge >= 0.3 is 0 Å². The van der Waals surface area contributed by atoms with Crippen LogP contribution in [0.25, 0.3) is 10.2 Å². The first-order valence-corrected chi connectivity index (χ1v) is 17.0. The number of nitrogen functional groups attached to an aromatic ring is 1. The number of alkyl halides is 2. The molecule has 3 fully saturated rings. The second kappa shape index (κ2) is 11.2. The summed E-state index contributed by atoms with van der Waals surface area (Å²) in [6.45, 7) is 2.01.